The Kier molecular flexibility index (Phi) is 3.45. The molecule has 0 saturated carbocycles. The maximum absolute atomic E-state index is 13.7. The zero-order chi connectivity index (χ0) is 13.9. The normalized spacial score (nSPS) is 13.8. The molecular formula is C14H14FN3O2. The maximum Gasteiger partial charge on any atom is 0.171 e. The highest BCUT2D eigenvalue weighted by molar-refractivity contribution is 5.79. The summed E-state index contributed by atoms with van der Waals surface area (Å²) >= 11 is 0. The zero-order valence-electron chi connectivity index (χ0n) is 10.9. The molecule has 0 aliphatic carbocycles. The molecule has 0 radical (unpaired) electrons. The Morgan fingerprint density at radius 1 is 1.35 bits per heavy atom. The van der Waals surface area contributed by atoms with Crippen LogP contribution in [-0.2, 0) is 19.6 Å². The molecule has 1 aliphatic heterocycles. The molecule has 2 heterocycles. The minimum atomic E-state index is -0.548. The largest absolute Gasteiger partial charge is 0.482 e. The van der Waals surface area contributed by atoms with Crippen molar-refractivity contribution in [1.29, 1.82) is 0 Å². The molecule has 0 amide bonds. The highest BCUT2D eigenvalue weighted by atomic mass is 19.1. The van der Waals surface area contributed by atoms with Crippen LogP contribution in [0.1, 0.15) is 34.8 Å². The molecule has 0 spiro atoms. The zero-order valence-corrected chi connectivity index (χ0v) is 10.9. The minimum Gasteiger partial charge on any atom is -0.482 e. The summed E-state index contributed by atoms with van der Waals surface area (Å²) in [5.41, 5.74) is 0.198. The van der Waals surface area contributed by atoms with Crippen LogP contribution in [0.2, 0.25) is 0 Å². The van der Waals surface area contributed by atoms with E-state index >= 15 is 0 Å². The number of para-hydroxylation sites is 1. The molecule has 1 aromatic heterocycles. The molecule has 0 saturated heterocycles. The Balaban J connectivity index is 1.80. The first-order chi connectivity index (χ1) is 9.79. The van der Waals surface area contributed by atoms with Gasteiger partial charge in [0.15, 0.2) is 23.7 Å². The van der Waals surface area contributed by atoms with Gasteiger partial charge < -0.3 is 9.30 Å². The maximum atomic E-state index is 13.7. The number of halogens is 1. The third-order valence-corrected chi connectivity index (χ3v) is 3.41. The fourth-order valence-corrected chi connectivity index (χ4v) is 2.38. The Morgan fingerprint density at radius 2 is 2.25 bits per heavy atom. The molecule has 20 heavy (non-hydrogen) atoms. The molecule has 0 fully saturated rings. The smallest absolute Gasteiger partial charge is 0.171 e. The molecule has 0 N–H and O–H groups in total. The molecule has 3 rings (SSSR count). The number of ether oxygens (including phenoxy) is 1. The van der Waals surface area contributed by atoms with Crippen molar-refractivity contribution in [3.8, 4) is 5.75 Å². The average molecular weight is 275 g/mol. The summed E-state index contributed by atoms with van der Waals surface area (Å²) in [6.45, 7) is 0.966. The van der Waals surface area contributed by atoms with E-state index in [1.54, 1.807) is 0 Å². The lowest BCUT2D eigenvalue weighted by Crippen LogP contribution is -2.15. The Morgan fingerprint density at radius 3 is 3.10 bits per heavy atom. The number of hydrogen-bond acceptors (Lipinski definition) is 4. The van der Waals surface area contributed by atoms with Gasteiger partial charge in [-0.25, -0.2) is 4.39 Å². The third kappa shape index (κ3) is 2.29. The highest BCUT2D eigenvalue weighted by Crippen LogP contribution is 2.23. The standard InChI is InChI=1S/C14H14FN3O2/c15-11-5-3-4-10(8-19)14(11)20-9-13-17-16-12-6-1-2-7-18(12)13/h3-5,8H,1-2,6-7,9H2. The number of hydrogen-bond donors (Lipinski definition) is 0. The van der Waals surface area contributed by atoms with Crippen molar-refractivity contribution in [2.45, 2.75) is 32.4 Å². The molecule has 1 aliphatic rings. The molecule has 5 nitrogen and oxygen atoms in total. The summed E-state index contributed by atoms with van der Waals surface area (Å²) in [6, 6.07) is 4.26. The fraction of sp³-hybridized carbons (Fsp3) is 0.357. The second-order valence-electron chi connectivity index (χ2n) is 4.71. The van der Waals surface area contributed by atoms with Crippen LogP contribution in [0.4, 0.5) is 4.39 Å². The van der Waals surface area contributed by atoms with Gasteiger partial charge in [0.05, 0.1) is 5.56 Å². The van der Waals surface area contributed by atoms with Crippen molar-refractivity contribution < 1.29 is 13.9 Å². The molecule has 0 bridgehead atoms. The molecule has 6 heteroatoms. The van der Waals surface area contributed by atoms with E-state index in [1.807, 2.05) is 4.57 Å². The van der Waals surface area contributed by atoms with Crippen LogP contribution < -0.4 is 4.74 Å². The van der Waals surface area contributed by atoms with E-state index in [-0.39, 0.29) is 17.9 Å². The van der Waals surface area contributed by atoms with Gasteiger partial charge in [-0.15, -0.1) is 10.2 Å². The summed E-state index contributed by atoms with van der Waals surface area (Å²) in [7, 11) is 0. The van der Waals surface area contributed by atoms with Crippen LogP contribution >= 0.6 is 0 Å². The van der Waals surface area contributed by atoms with Gasteiger partial charge in [0.2, 0.25) is 0 Å². The van der Waals surface area contributed by atoms with Gasteiger partial charge in [0, 0.05) is 13.0 Å². The van der Waals surface area contributed by atoms with Crippen molar-refractivity contribution in [1.82, 2.24) is 14.8 Å². The number of benzene rings is 1. The summed E-state index contributed by atoms with van der Waals surface area (Å²) in [5, 5.41) is 8.18. The van der Waals surface area contributed by atoms with Crippen molar-refractivity contribution in [2.24, 2.45) is 0 Å². The van der Waals surface area contributed by atoms with Crippen LogP contribution in [0.3, 0.4) is 0 Å². The highest BCUT2D eigenvalue weighted by Gasteiger charge is 2.17. The lowest BCUT2D eigenvalue weighted by Gasteiger charge is -2.15. The predicted molar refractivity (Wildman–Crippen MR) is 69.1 cm³/mol. The SMILES string of the molecule is O=Cc1cccc(F)c1OCc1nnc2n1CCCC2. The number of aromatic nitrogens is 3. The van der Waals surface area contributed by atoms with E-state index in [9.17, 15) is 9.18 Å². The van der Waals surface area contributed by atoms with Crippen LogP contribution in [0, 0.1) is 5.82 Å². The Hall–Kier alpha value is -2.24. The monoisotopic (exact) mass is 275 g/mol. The Bertz CT molecular complexity index is 639. The lowest BCUT2D eigenvalue weighted by molar-refractivity contribution is 0.111. The van der Waals surface area contributed by atoms with Crippen molar-refractivity contribution in [2.75, 3.05) is 0 Å². The third-order valence-electron chi connectivity index (χ3n) is 3.41. The van der Waals surface area contributed by atoms with Crippen molar-refractivity contribution in [3.05, 3.63) is 41.2 Å². The van der Waals surface area contributed by atoms with Crippen molar-refractivity contribution in [3.63, 3.8) is 0 Å². The molecule has 2 aromatic rings. The van der Waals surface area contributed by atoms with Crippen LogP contribution in [0.25, 0.3) is 0 Å². The molecular weight excluding hydrogens is 261 g/mol. The first-order valence-corrected chi connectivity index (χ1v) is 6.57. The van der Waals surface area contributed by atoms with E-state index in [0.29, 0.717) is 12.1 Å². The van der Waals surface area contributed by atoms with E-state index in [1.165, 1.54) is 18.2 Å². The molecule has 0 unspecified atom stereocenters. The van der Waals surface area contributed by atoms with Gasteiger partial charge in [-0.3, -0.25) is 4.79 Å². The molecule has 0 atom stereocenters. The molecule has 104 valence electrons. The quantitative estimate of drug-likeness (QED) is 0.802. The summed E-state index contributed by atoms with van der Waals surface area (Å²) in [6.07, 6.45) is 3.68. The number of nitrogens with zero attached hydrogens (tertiary/aromatic N) is 3. The Labute approximate surface area is 115 Å². The lowest BCUT2D eigenvalue weighted by atomic mass is 10.2. The van der Waals surface area contributed by atoms with Crippen LogP contribution in [0.5, 0.6) is 5.75 Å². The van der Waals surface area contributed by atoms with E-state index in [4.69, 9.17) is 4.74 Å². The van der Waals surface area contributed by atoms with Gasteiger partial charge in [0.25, 0.3) is 0 Å². The second kappa shape index (κ2) is 5.40. The number of carbonyl (C=O) groups excluding carboxylic acids is 1. The summed E-state index contributed by atoms with van der Waals surface area (Å²) < 4.78 is 21.1. The number of rotatable bonds is 4. The minimum absolute atomic E-state index is 0.0318. The fourth-order valence-electron chi connectivity index (χ4n) is 2.38. The average Bonchev–Trinajstić information content (AvgIpc) is 2.89. The van der Waals surface area contributed by atoms with Crippen molar-refractivity contribution >= 4 is 6.29 Å². The van der Waals surface area contributed by atoms with E-state index in [0.717, 1.165) is 31.6 Å². The van der Waals surface area contributed by atoms with Crippen LogP contribution in [-0.4, -0.2) is 21.1 Å². The molecule has 1 aromatic carbocycles. The van der Waals surface area contributed by atoms with E-state index < -0.39 is 5.82 Å². The number of fused-ring (bicyclic) bond motifs is 1. The van der Waals surface area contributed by atoms with Gasteiger partial charge >= 0.3 is 0 Å². The van der Waals surface area contributed by atoms with Gasteiger partial charge in [-0.1, -0.05) is 6.07 Å². The first kappa shape index (κ1) is 12.8. The van der Waals surface area contributed by atoms with E-state index in [2.05, 4.69) is 10.2 Å². The number of aldehydes is 1. The number of aryl methyl sites for hydroxylation is 1. The topological polar surface area (TPSA) is 57.0 Å². The number of carbonyl (C=O) groups is 1. The van der Waals surface area contributed by atoms with Gasteiger partial charge in [0.1, 0.15) is 12.4 Å². The summed E-state index contributed by atoms with van der Waals surface area (Å²) in [5.74, 6) is 1.03. The van der Waals surface area contributed by atoms with Gasteiger partial charge in [-0.05, 0) is 25.0 Å². The van der Waals surface area contributed by atoms with Gasteiger partial charge in [-0.2, -0.15) is 0 Å². The predicted octanol–water partition coefficient (Wildman–Crippen LogP) is 2.14. The first-order valence-electron chi connectivity index (χ1n) is 6.57. The second-order valence-corrected chi connectivity index (χ2v) is 4.71. The van der Waals surface area contributed by atoms with Crippen LogP contribution in [0.15, 0.2) is 18.2 Å². The summed E-state index contributed by atoms with van der Waals surface area (Å²) in [4.78, 5) is 10.9.